The van der Waals surface area contributed by atoms with E-state index in [0.717, 1.165) is 36.9 Å². The van der Waals surface area contributed by atoms with Crippen molar-refractivity contribution in [2.24, 2.45) is 0 Å². The van der Waals surface area contributed by atoms with Crippen LogP contribution in [-0.4, -0.2) is 30.5 Å². The molecule has 1 unspecified atom stereocenters. The van der Waals surface area contributed by atoms with Crippen LogP contribution < -0.4 is 0 Å². The third kappa shape index (κ3) is 4.64. The minimum absolute atomic E-state index is 0.130. The van der Waals surface area contributed by atoms with Crippen LogP contribution in [0.5, 0.6) is 0 Å². The summed E-state index contributed by atoms with van der Waals surface area (Å²) >= 11 is 0. The van der Waals surface area contributed by atoms with Gasteiger partial charge in [0.25, 0.3) is 5.91 Å². The highest BCUT2D eigenvalue weighted by atomic mass is 16.5. The van der Waals surface area contributed by atoms with Gasteiger partial charge in [-0.05, 0) is 37.5 Å². The normalized spacial score (nSPS) is 12.2. The first-order valence-electron chi connectivity index (χ1n) is 7.52. The highest BCUT2D eigenvalue weighted by Crippen LogP contribution is 2.14. The van der Waals surface area contributed by atoms with Gasteiger partial charge in [-0.25, -0.2) is 0 Å². The molecule has 0 heterocycles. The lowest BCUT2D eigenvalue weighted by Gasteiger charge is -2.29. The molecular weight excluding hydrogens is 250 g/mol. The van der Waals surface area contributed by atoms with Gasteiger partial charge in [-0.2, -0.15) is 0 Å². The SMILES string of the molecule is CCCCN(C(=O)c1cccc(COC)c1)C(C)CC. The molecule has 0 aliphatic carbocycles. The Kier molecular flexibility index (Phi) is 7.31. The minimum atomic E-state index is 0.130. The number of methoxy groups -OCH3 is 1. The smallest absolute Gasteiger partial charge is 0.254 e. The Balaban J connectivity index is 2.89. The molecule has 0 N–H and O–H groups in total. The van der Waals surface area contributed by atoms with Gasteiger partial charge in [-0.15, -0.1) is 0 Å². The maximum atomic E-state index is 12.7. The number of benzene rings is 1. The highest BCUT2D eigenvalue weighted by Gasteiger charge is 2.19. The van der Waals surface area contributed by atoms with Gasteiger partial charge < -0.3 is 9.64 Å². The lowest BCUT2D eigenvalue weighted by atomic mass is 10.1. The Morgan fingerprint density at radius 3 is 2.70 bits per heavy atom. The number of carbonyl (C=O) groups excluding carboxylic acids is 1. The van der Waals surface area contributed by atoms with Crippen LogP contribution >= 0.6 is 0 Å². The molecule has 1 amide bonds. The van der Waals surface area contributed by atoms with E-state index in [1.807, 2.05) is 29.2 Å². The third-order valence-corrected chi connectivity index (χ3v) is 3.62. The molecule has 112 valence electrons. The quantitative estimate of drug-likeness (QED) is 0.722. The van der Waals surface area contributed by atoms with Crippen LogP contribution in [0, 0.1) is 0 Å². The monoisotopic (exact) mass is 277 g/mol. The van der Waals surface area contributed by atoms with Crippen LogP contribution in [-0.2, 0) is 11.3 Å². The van der Waals surface area contributed by atoms with Crippen LogP contribution in [0.3, 0.4) is 0 Å². The Morgan fingerprint density at radius 2 is 2.10 bits per heavy atom. The van der Waals surface area contributed by atoms with Gasteiger partial charge in [0.2, 0.25) is 0 Å². The van der Waals surface area contributed by atoms with Crippen LogP contribution in [0.1, 0.15) is 56.0 Å². The molecule has 1 atom stereocenters. The van der Waals surface area contributed by atoms with Crippen molar-refractivity contribution < 1.29 is 9.53 Å². The van der Waals surface area contributed by atoms with E-state index in [0.29, 0.717) is 6.61 Å². The van der Waals surface area contributed by atoms with E-state index in [1.54, 1.807) is 7.11 Å². The molecule has 1 rings (SSSR count). The van der Waals surface area contributed by atoms with Crippen LogP contribution in [0.15, 0.2) is 24.3 Å². The van der Waals surface area contributed by atoms with Crippen LogP contribution in [0.4, 0.5) is 0 Å². The van der Waals surface area contributed by atoms with E-state index in [-0.39, 0.29) is 11.9 Å². The topological polar surface area (TPSA) is 29.5 Å². The highest BCUT2D eigenvalue weighted by molar-refractivity contribution is 5.94. The van der Waals surface area contributed by atoms with Crippen molar-refractivity contribution in [1.29, 1.82) is 0 Å². The number of amides is 1. The molecule has 0 fully saturated rings. The van der Waals surface area contributed by atoms with Crippen molar-refractivity contribution in [1.82, 2.24) is 4.90 Å². The van der Waals surface area contributed by atoms with Crippen LogP contribution in [0.25, 0.3) is 0 Å². The van der Waals surface area contributed by atoms with E-state index in [2.05, 4.69) is 20.8 Å². The molecule has 0 aliphatic rings. The van der Waals surface area contributed by atoms with Crippen molar-refractivity contribution in [2.45, 2.75) is 52.7 Å². The molecular formula is C17H27NO2. The molecule has 1 aromatic rings. The van der Waals surface area contributed by atoms with Gasteiger partial charge in [0.05, 0.1) is 6.61 Å². The second-order valence-electron chi connectivity index (χ2n) is 5.24. The largest absolute Gasteiger partial charge is 0.380 e. The lowest BCUT2D eigenvalue weighted by Crippen LogP contribution is -2.39. The van der Waals surface area contributed by atoms with Gasteiger partial charge >= 0.3 is 0 Å². The zero-order valence-corrected chi connectivity index (χ0v) is 13.2. The van der Waals surface area contributed by atoms with Gasteiger partial charge in [0.15, 0.2) is 0 Å². The summed E-state index contributed by atoms with van der Waals surface area (Å²) in [5.74, 6) is 0.130. The Bertz CT molecular complexity index is 417. The van der Waals surface area contributed by atoms with E-state index >= 15 is 0 Å². The summed E-state index contributed by atoms with van der Waals surface area (Å²) in [6.07, 6.45) is 3.13. The van der Waals surface area contributed by atoms with Crippen molar-refractivity contribution in [2.75, 3.05) is 13.7 Å². The number of nitrogens with zero attached hydrogens (tertiary/aromatic N) is 1. The first kappa shape index (κ1) is 16.7. The van der Waals surface area contributed by atoms with Crippen molar-refractivity contribution >= 4 is 5.91 Å². The average molecular weight is 277 g/mol. The summed E-state index contributed by atoms with van der Waals surface area (Å²) in [4.78, 5) is 14.7. The maximum Gasteiger partial charge on any atom is 0.254 e. The Hall–Kier alpha value is -1.35. The third-order valence-electron chi connectivity index (χ3n) is 3.62. The summed E-state index contributed by atoms with van der Waals surface area (Å²) in [5, 5.41) is 0. The molecule has 3 heteroatoms. The molecule has 0 aromatic heterocycles. The maximum absolute atomic E-state index is 12.7. The number of hydrogen-bond acceptors (Lipinski definition) is 2. The number of rotatable bonds is 8. The summed E-state index contributed by atoms with van der Waals surface area (Å²) in [5.41, 5.74) is 1.80. The molecule has 0 aliphatic heterocycles. The molecule has 3 nitrogen and oxygen atoms in total. The molecule has 1 aromatic carbocycles. The van der Waals surface area contributed by atoms with Gasteiger partial charge in [0, 0.05) is 25.3 Å². The molecule has 0 saturated carbocycles. The fraction of sp³-hybridized carbons (Fsp3) is 0.588. The standard InChI is InChI=1S/C17H27NO2/c1-5-7-11-18(14(3)6-2)17(19)16-10-8-9-15(12-16)13-20-4/h8-10,12,14H,5-7,11,13H2,1-4H3. The van der Waals surface area contributed by atoms with Gasteiger partial charge in [-0.3, -0.25) is 4.79 Å². The Morgan fingerprint density at radius 1 is 1.35 bits per heavy atom. The second kappa shape index (κ2) is 8.75. The van der Waals surface area contributed by atoms with E-state index < -0.39 is 0 Å². The zero-order valence-electron chi connectivity index (χ0n) is 13.2. The van der Waals surface area contributed by atoms with E-state index in [1.165, 1.54) is 0 Å². The first-order valence-corrected chi connectivity index (χ1v) is 7.52. The number of ether oxygens (including phenoxy) is 1. The molecule has 0 radical (unpaired) electrons. The summed E-state index contributed by atoms with van der Waals surface area (Å²) < 4.78 is 5.13. The summed E-state index contributed by atoms with van der Waals surface area (Å²) in [6.45, 7) is 7.77. The van der Waals surface area contributed by atoms with Gasteiger partial charge in [-0.1, -0.05) is 32.4 Å². The predicted octanol–water partition coefficient (Wildman–Crippen LogP) is 3.87. The van der Waals surface area contributed by atoms with Crippen LogP contribution in [0.2, 0.25) is 0 Å². The predicted molar refractivity (Wildman–Crippen MR) is 82.9 cm³/mol. The van der Waals surface area contributed by atoms with E-state index in [9.17, 15) is 4.79 Å². The summed E-state index contributed by atoms with van der Waals surface area (Å²) in [7, 11) is 1.67. The minimum Gasteiger partial charge on any atom is -0.380 e. The Labute approximate surface area is 122 Å². The fourth-order valence-corrected chi connectivity index (χ4v) is 2.20. The van der Waals surface area contributed by atoms with Crippen molar-refractivity contribution in [3.05, 3.63) is 35.4 Å². The fourth-order valence-electron chi connectivity index (χ4n) is 2.20. The number of hydrogen-bond donors (Lipinski definition) is 0. The lowest BCUT2D eigenvalue weighted by molar-refractivity contribution is 0.0685. The molecule has 0 spiro atoms. The molecule has 20 heavy (non-hydrogen) atoms. The summed E-state index contributed by atoms with van der Waals surface area (Å²) in [6, 6.07) is 8.02. The zero-order chi connectivity index (χ0) is 15.0. The number of unbranched alkanes of at least 4 members (excludes halogenated alkanes) is 1. The number of carbonyl (C=O) groups is 1. The van der Waals surface area contributed by atoms with Gasteiger partial charge in [0.1, 0.15) is 0 Å². The second-order valence-corrected chi connectivity index (χ2v) is 5.24. The first-order chi connectivity index (χ1) is 9.63. The average Bonchev–Trinajstić information content (AvgIpc) is 2.47. The van der Waals surface area contributed by atoms with Crippen molar-refractivity contribution in [3.63, 3.8) is 0 Å². The van der Waals surface area contributed by atoms with Crippen molar-refractivity contribution in [3.8, 4) is 0 Å². The molecule has 0 saturated heterocycles. The van der Waals surface area contributed by atoms with E-state index in [4.69, 9.17) is 4.74 Å². The molecule has 0 bridgehead atoms.